The highest BCUT2D eigenvalue weighted by atomic mass is 16.6. The second-order valence-electron chi connectivity index (χ2n) is 6.99. The summed E-state index contributed by atoms with van der Waals surface area (Å²) >= 11 is 0. The summed E-state index contributed by atoms with van der Waals surface area (Å²) in [5.41, 5.74) is 10.2. The van der Waals surface area contributed by atoms with Crippen LogP contribution in [0.25, 0.3) is 0 Å². The Morgan fingerprint density at radius 3 is 2.62 bits per heavy atom. The van der Waals surface area contributed by atoms with Gasteiger partial charge in [-0.1, -0.05) is 18.2 Å². The number of nitrogens with one attached hydrogen (secondary N) is 2. The van der Waals surface area contributed by atoms with Crippen molar-refractivity contribution < 1.29 is 24.5 Å². The Kier molecular flexibility index (Phi) is 4.13. The van der Waals surface area contributed by atoms with E-state index in [2.05, 4.69) is 20.6 Å². The lowest BCUT2D eigenvalue weighted by Gasteiger charge is -2.48. The van der Waals surface area contributed by atoms with Crippen molar-refractivity contribution in [2.75, 3.05) is 13.6 Å². The molecule has 0 unspecified atom stereocenters. The van der Waals surface area contributed by atoms with Crippen molar-refractivity contribution in [3.63, 3.8) is 0 Å². The molecule has 1 amide bonds. The number of esters is 1. The van der Waals surface area contributed by atoms with Gasteiger partial charge in [-0.05, 0) is 12.1 Å². The smallest absolute Gasteiger partial charge is 0.338 e. The quantitative estimate of drug-likeness (QED) is 0.221. The van der Waals surface area contributed by atoms with E-state index in [9.17, 15) is 19.8 Å². The first-order valence-corrected chi connectivity index (χ1v) is 8.87. The summed E-state index contributed by atoms with van der Waals surface area (Å²) in [6.45, 7) is -0.201. The van der Waals surface area contributed by atoms with Gasteiger partial charge < -0.3 is 42.0 Å². The molecule has 12 nitrogen and oxygen atoms in total. The molecule has 3 heterocycles. The third-order valence-corrected chi connectivity index (χ3v) is 5.43. The third kappa shape index (κ3) is 2.53. The van der Waals surface area contributed by atoms with Gasteiger partial charge in [-0.15, -0.1) is 0 Å². The SMILES string of the molecule is CNC(=O)[C@@H]1N=C(N)N2C[C@H](OC(=O)c3ccccc3)C(O)(O)[C@@]23NC(N)=N[C@@H]13. The van der Waals surface area contributed by atoms with Crippen molar-refractivity contribution in [2.24, 2.45) is 21.5 Å². The zero-order valence-electron chi connectivity index (χ0n) is 15.4. The van der Waals surface area contributed by atoms with E-state index in [1.165, 1.54) is 24.1 Å². The fraction of sp³-hybridized carbons (Fsp3) is 0.412. The molecule has 1 saturated heterocycles. The molecule has 1 spiro atoms. The molecule has 29 heavy (non-hydrogen) atoms. The minimum Gasteiger partial charge on any atom is -0.451 e. The maximum absolute atomic E-state index is 12.5. The second-order valence-corrected chi connectivity index (χ2v) is 6.99. The van der Waals surface area contributed by atoms with E-state index in [4.69, 9.17) is 16.2 Å². The van der Waals surface area contributed by atoms with Crippen molar-refractivity contribution >= 4 is 23.8 Å². The molecule has 4 atom stereocenters. The van der Waals surface area contributed by atoms with Crippen LogP contribution < -0.4 is 22.1 Å². The van der Waals surface area contributed by atoms with Crippen LogP contribution in [0.5, 0.6) is 0 Å². The van der Waals surface area contributed by atoms with Gasteiger partial charge in [0.2, 0.25) is 11.7 Å². The number of hydrogen-bond donors (Lipinski definition) is 6. The minimum absolute atomic E-state index is 0.124. The number of hydrogen-bond acceptors (Lipinski definition) is 11. The van der Waals surface area contributed by atoms with Gasteiger partial charge in [0.05, 0.1) is 12.1 Å². The highest BCUT2D eigenvalue weighted by Crippen LogP contribution is 2.45. The lowest BCUT2D eigenvalue weighted by atomic mass is 9.85. The topological polar surface area (TPSA) is 188 Å². The molecular weight excluding hydrogens is 382 g/mol. The number of aliphatic imine (C=N–C) groups is 2. The van der Waals surface area contributed by atoms with Crippen LogP contribution in [0.2, 0.25) is 0 Å². The minimum atomic E-state index is -2.69. The van der Waals surface area contributed by atoms with Gasteiger partial charge in [0.1, 0.15) is 6.04 Å². The number of nitrogens with zero attached hydrogens (tertiary/aromatic N) is 3. The Bertz CT molecular complexity index is 918. The predicted molar refractivity (Wildman–Crippen MR) is 100 cm³/mol. The molecule has 0 bridgehead atoms. The number of aliphatic hydroxyl groups is 2. The van der Waals surface area contributed by atoms with Gasteiger partial charge in [-0.25, -0.2) is 14.8 Å². The standard InChI is InChI=1S/C17H21N7O5/c1-20-12(25)10-11-16(23-14(18)22-11)17(27,28)9(7-24(16)15(19)21-10)29-13(26)8-5-3-2-4-6-8/h2-6,9-11,27-28H,7H2,1H3,(H2,19,21)(H,20,25)(H3,18,22,23)/t9-,10+,11-,16-/m0/s1. The number of carbonyl (C=O) groups excluding carboxylic acids is 2. The molecule has 12 heteroatoms. The van der Waals surface area contributed by atoms with E-state index in [0.717, 1.165) is 0 Å². The van der Waals surface area contributed by atoms with Gasteiger partial charge in [0, 0.05) is 7.05 Å². The molecular formula is C17H21N7O5. The number of guanidine groups is 2. The average Bonchev–Trinajstić information content (AvgIpc) is 3.16. The number of ether oxygens (including phenoxy) is 1. The van der Waals surface area contributed by atoms with Crippen LogP contribution in [0.1, 0.15) is 10.4 Å². The van der Waals surface area contributed by atoms with Crippen LogP contribution in [-0.2, 0) is 9.53 Å². The van der Waals surface area contributed by atoms with E-state index in [0.29, 0.717) is 0 Å². The maximum atomic E-state index is 12.5. The van der Waals surface area contributed by atoms with E-state index in [1.54, 1.807) is 18.2 Å². The normalized spacial score (nSPS) is 31.7. The van der Waals surface area contributed by atoms with Crippen LogP contribution in [0, 0.1) is 0 Å². The van der Waals surface area contributed by atoms with Crippen molar-refractivity contribution in [3.8, 4) is 0 Å². The molecule has 8 N–H and O–H groups in total. The van der Waals surface area contributed by atoms with Crippen LogP contribution in [0.4, 0.5) is 0 Å². The second kappa shape index (κ2) is 6.32. The molecule has 0 aliphatic carbocycles. The lowest BCUT2D eigenvalue weighted by molar-refractivity contribution is -0.256. The number of carbonyl (C=O) groups is 2. The van der Waals surface area contributed by atoms with Crippen molar-refractivity contribution in [2.45, 2.75) is 29.6 Å². The average molecular weight is 403 g/mol. The van der Waals surface area contributed by atoms with Gasteiger partial charge in [-0.2, -0.15) is 0 Å². The summed E-state index contributed by atoms with van der Waals surface area (Å²) in [6.07, 6.45) is -1.43. The first-order valence-electron chi connectivity index (χ1n) is 8.87. The van der Waals surface area contributed by atoms with Gasteiger partial charge in [0.15, 0.2) is 29.7 Å². The molecule has 3 aliphatic rings. The van der Waals surface area contributed by atoms with E-state index in [-0.39, 0.29) is 24.0 Å². The van der Waals surface area contributed by atoms with Crippen molar-refractivity contribution in [1.29, 1.82) is 0 Å². The highest BCUT2D eigenvalue weighted by molar-refractivity contribution is 5.94. The van der Waals surface area contributed by atoms with Crippen molar-refractivity contribution in [3.05, 3.63) is 35.9 Å². The van der Waals surface area contributed by atoms with Gasteiger partial charge in [0.25, 0.3) is 0 Å². The van der Waals surface area contributed by atoms with Crippen LogP contribution in [-0.4, -0.2) is 82.1 Å². The van der Waals surface area contributed by atoms with Crippen molar-refractivity contribution in [1.82, 2.24) is 15.5 Å². The Labute approximate surface area is 165 Å². The molecule has 0 saturated carbocycles. The van der Waals surface area contributed by atoms with Gasteiger partial charge in [-0.3, -0.25) is 4.79 Å². The van der Waals surface area contributed by atoms with Crippen LogP contribution in [0.3, 0.4) is 0 Å². The molecule has 0 radical (unpaired) electrons. The molecule has 154 valence electrons. The first kappa shape index (κ1) is 19.0. The summed E-state index contributed by atoms with van der Waals surface area (Å²) in [7, 11) is 1.41. The Morgan fingerprint density at radius 2 is 1.97 bits per heavy atom. The lowest BCUT2D eigenvalue weighted by Crippen LogP contribution is -2.78. The summed E-state index contributed by atoms with van der Waals surface area (Å²) in [4.78, 5) is 34.4. The number of nitrogens with two attached hydrogens (primary N) is 2. The molecule has 4 rings (SSSR count). The third-order valence-electron chi connectivity index (χ3n) is 5.43. The maximum Gasteiger partial charge on any atom is 0.338 e. The number of benzene rings is 1. The largest absolute Gasteiger partial charge is 0.451 e. The Hall–Kier alpha value is -3.38. The van der Waals surface area contributed by atoms with Crippen LogP contribution >= 0.6 is 0 Å². The predicted octanol–water partition coefficient (Wildman–Crippen LogP) is -3.37. The number of amides is 1. The summed E-state index contributed by atoms with van der Waals surface area (Å²) in [6, 6.07) is 5.83. The zero-order valence-corrected chi connectivity index (χ0v) is 15.4. The number of rotatable bonds is 3. The number of likely N-dealkylation sites (N-methyl/N-ethyl adjacent to an activating group) is 1. The fourth-order valence-electron chi connectivity index (χ4n) is 4.06. The Morgan fingerprint density at radius 1 is 1.28 bits per heavy atom. The summed E-state index contributed by atoms with van der Waals surface area (Å²) < 4.78 is 5.39. The van der Waals surface area contributed by atoms with E-state index >= 15 is 0 Å². The monoisotopic (exact) mass is 403 g/mol. The molecule has 1 fully saturated rings. The first-order chi connectivity index (χ1) is 13.7. The summed E-state index contributed by atoms with van der Waals surface area (Å²) in [5.74, 6) is -4.24. The molecule has 3 aliphatic heterocycles. The summed E-state index contributed by atoms with van der Waals surface area (Å²) in [5, 5.41) is 27.4. The highest BCUT2D eigenvalue weighted by Gasteiger charge is 2.75. The molecule has 0 aromatic heterocycles. The van der Waals surface area contributed by atoms with E-state index in [1.807, 2.05) is 0 Å². The fourth-order valence-corrected chi connectivity index (χ4v) is 4.06. The van der Waals surface area contributed by atoms with Crippen LogP contribution in [0.15, 0.2) is 40.3 Å². The zero-order chi connectivity index (χ0) is 21.0. The molecule has 1 aromatic carbocycles. The molecule has 1 aromatic rings. The Balaban J connectivity index is 1.72. The van der Waals surface area contributed by atoms with E-state index < -0.39 is 41.5 Å². The van der Waals surface area contributed by atoms with Gasteiger partial charge >= 0.3 is 5.97 Å².